The highest BCUT2D eigenvalue weighted by Gasteiger charge is 2.32. The lowest BCUT2D eigenvalue weighted by Crippen LogP contribution is -2.21. The molecule has 3 nitrogen and oxygen atoms in total. The van der Waals surface area contributed by atoms with Gasteiger partial charge in [-0.05, 0) is 39.9 Å². The smallest absolute Gasteiger partial charge is 0.253 e. The van der Waals surface area contributed by atoms with Crippen molar-refractivity contribution in [3.63, 3.8) is 0 Å². The Labute approximate surface area is 162 Å². The van der Waals surface area contributed by atoms with Crippen molar-refractivity contribution in [3.8, 4) is 11.1 Å². The summed E-state index contributed by atoms with van der Waals surface area (Å²) in [5.74, 6) is 0.376. The van der Waals surface area contributed by atoms with Crippen LogP contribution in [-0.4, -0.2) is 29.1 Å². The first kappa shape index (κ1) is 17.7. The first-order valence-corrected chi connectivity index (χ1v) is 10.3. The molecular weight excluding hydrogens is 354 g/mol. The van der Waals surface area contributed by atoms with Crippen LogP contribution in [0.3, 0.4) is 0 Å². The van der Waals surface area contributed by atoms with Gasteiger partial charge in [0, 0.05) is 36.2 Å². The van der Waals surface area contributed by atoms with E-state index in [9.17, 15) is 9.00 Å². The predicted octanol–water partition coefficient (Wildman–Crippen LogP) is 4.41. The summed E-state index contributed by atoms with van der Waals surface area (Å²) in [6, 6.07) is 23.9. The molecule has 4 rings (SSSR count). The van der Waals surface area contributed by atoms with Crippen molar-refractivity contribution in [2.75, 3.05) is 14.1 Å². The quantitative estimate of drug-likeness (QED) is 0.677. The van der Waals surface area contributed by atoms with E-state index in [0.29, 0.717) is 11.3 Å². The minimum Gasteiger partial charge on any atom is -0.345 e. The maximum absolute atomic E-state index is 13.4. The van der Waals surface area contributed by atoms with Crippen LogP contribution in [0, 0.1) is 0 Å². The van der Waals surface area contributed by atoms with Gasteiger partial charge in [0.1, 0.15) is 0 Å². The number of carbonyl (C=O) groups excluding carboxylic acids is 1. The zero-order chi connectivity index (χ0) is 19.0. The molecule has 0 saturated carbocycles. The van der Waals surface area contributed by atoms with Gasteiger partial charge >= 0.3 is 0 Å². The van der Waals surface area contributed by atoms with E-state index in [1.165, 1.54) is 11.1 Å². The number of amides is 1. The van der Waals surface area contributed by atoms with Gasteiger partial charge in [-0.1, -0.05) is 60.7 Å². The fourth-order valence-corrected chi connectivity index (χ4v) is 5.34. The van der Waals surface area contributed by atoms with E-state index in [0.717, 1.165) is 16.7 Å². The van der Waals surface area contributed by atoms with Crippen molar-refractivity contribution in [3.05, 3.63) is 95.1 Å². The third-order valence-electron chi connectivity index (χ3n) is 4.93. The number of benzene rings is 3. The molecule has 0 spiro atoms. The summed E-state index contributed by atoms with van der Waals surface area (Å²) in [5, 5.41) is -0.134. The average molecular weight is 375 g/mol. The fraction of sp³-hybridized carbons (Fsp3) is 0.174. The number of fused-ring (bicyclic) bond motifs is 3. The molecule has 3 aromatic rings. The molecule has 0 heterocycles. The lowest BCUT2D eigenvalue weighted by molar-refractivity contribution is 0.0827. The zero-order valence-corrected chi connectivity index (χ0v) is 16.2. The second kappa shape index (κ2) is 7.12. The zero-order valence-electron chi connectivity index (χ0n) is 15.4. The van der Waals surface area contributed by atoms with Crippen LogP contribution in [0.2, 0.25) is 0 Å². The molecule has 136 valence electrons. The van der Waals surface area contributed by atoms with Crippen molar-refractivity contribution in [1.29, 1.82) is 0 Å². The molecule has 4 heteroatoms. The second-order valence-electron chi connectivity index (χ2n) is 6.98. The van der Waals surface area contributed by atoms with Crippen molar-refractivity contribution in [2.24, 2.45) is 0 Å². The van der Waals surface area contributed by atoms with Gasteiger partial charge in [-0.2, -0.15) is 0 Å². The van der Waals surface area contributed by atoms with Crippen molar-refractivity contribution in [2.45, 2.75) is 11.0 Å². The summed E-state index contributed by atoms with van der Waals surface area (Å²) in [7, 11) is 2.35. The number of hydrogen-bond acceptors (Lipinski definition) is 2. The summed E-state index contributed by atoms with van der Waals surface area (Å²) in [6.45, 7) is 0. The van der Waals surface area contributed by atoms with Crippen LogP contribution >= 0.6 is 0 Å². The maximum Gasteiger partial charge on any atom is 0.253 e. The van der Waals surface area contributed by atoms with E-state index in [4.69, 9.17) is 0 Å². The monoisotopic (exact) mass is 375 g/mol. The normalized spacial score (nSPS) is 13.7. The van der Waals surface area contributed by atoms with E-state index < -0.39 is 10.8 Å². The molecule has 0 saturated heterocycles. The van der Waals surface area contributed by atoms with Gasteiger partial charge < -0.3 is 4.90 Å². The molecular formula is C23H21NO2S. The molecule has 27 heavy (non-hydrogen) atoms. The van der Waals surface area contributed by atoms with Crippen LogP contribution in [0.15, 0.2) is 72.8 Å². The minimum atomic E-state index is -1.13. The molecule has 0 fully saturated rings. The van der Waals surface area contributed by atoms with Gasteiger partial charge in [-0.25, -0.2) is 0 Å². The molecule has 0 radical (unpaired) electrons. The number of nitrogens with zero attached hydrogens (tertiary/aromatic N) is 1. The summed E-state index contributed by atoms with van der Waals surface area (Å²) in [5.41, 5.74) is 6.13. The van der Waals surface area contributed by atoms with Crippen LogP contribution in [0.4, 0.5) is 0 Å². The average Bonchev–Trinajstić information content (AvgIpc) is 3.02. The first-order valence-electron chi connectivity index (χ1n) is 8.92. The standard InChI is InChI=1S/C23H21NO2S/c1-24(2)23(25)17-9-7-8-16(14-17)15-27(26)22-20-12-5-3-10-18(20)19-11-4-6-13-21(19)22/h3-14,22H,15H2,1-2H3. The molecule has 0 aromatic heterocycles. The fourth-order valence-electron chi connectivity index (χ4n) is 3.69. The first-order chi connectivity index (χ1) is 13.1. The summed E-state index contributed by atoms with van der Waals surface area (Å²) < 4.78 is 13.4. The maximum atomic E-state index is 13.4. The highest BCUT2D eigenvalue weighted by atomic mass is 32.2. The number of carbonyl (C=O) groups is 1. The summed E-state index contributed by atoms with van der Waals surface area (Å²) in [6.07, 6.45) is 0. The van der Waals surface area contributed by atoms with Gasteiger partial charge in [0.15, 0.2) is 0 Å². The minimum absolute atomic E-state index is 0.0424. The Balaban J connectivity index is 1.67. The third-order valence-corrected chi connectivity index (χ3v) is 6.58. The van der Waals surface area contributed by atoms with Crippen LogP contribution in [0.25, 0.3) is 11.1 Å². The van der Waals surface area contributed by atoms with Gasteiger partial charge in [0.2, 0.25) is 0 Å². The number of hydrogen-bond donors (Lipinski definition) is 0. The van der Waals surface area contributed by atoms with Crippen LogP contribution in [0.5, 0.6) is 0 Å². The Morgan fingerprint density at radius 2 is 1.48 bits per heavy atom. The third kappa shape index (κ3) is 3.21. The van der Waals surface area contributed by atoms with Gasteiger partial charge in [0.05, 0.1) is 5.25 Å². The van der Waals surface area contributed by atoms with Crippen molar-refractivity contribution < 1.29 is 9.00 Å². The Hall–Kier alpha value is -2.72. The predicted molar refractivity (Wildman–Crippen MR) is 110 cm³/mol. The van der Waals surface area contributed by atoms with E-state index in [1.54, 1.807) is 25.1 Å². The van der Waals surface area contributed by atoms with Crippen molar-refractivity contribution in [1.82, 2.24) is 4.90 Å². The Kier molecular flexibility index (Phi) is 4.66. The molecule has 0 N–H and O–H groups in total. The van der Waals surface area contributed by atoms with E-state index in [1.807, 2.05) is 42.5 Å². The van der Waals surface area contributed by atoms with Crippen LogP contribution in [0.1, 0.15) is 32.3 Å². The van der Waals surface area contributed by atoms with Crippen LogP contribution < -0.4 is 0 Å². The lowest BCUT2D eigenvalue weighted by atomic mass is 10.1. The largest absolute Gasteiger partial charge is 0.345 e. The molecule has 0 aliphatic heterocycles. The molecule has 3 aromatic carbocycles. The van der Waals surface area contributed by atoms with Gasteiger partial charge in [-0.3, -0.25) is 9.00 Å². The second-order valence-corrected chi connectivity index (χ2v) is 8.50. The lowest BCUT2D eigenvalue weighted by Gasteiger charge is -2.15. The molecule has 1 atom stereocenters. The van der Waals surface area contributed by atoms with Gasteiger partial charge in [-0.15, -0.1) is 0 Å². The highest BCUT2D eigenvalue weighted by molar-refractivity contribution is 7.84. The van der Waals surface area contributed by atoms with E-state index in [-0.39, 0.29) is 11.2 Å². The van der Waals surface area contributed by atoms with Gasteiger partial charge in [0.25, 0.3) is 5.91 Å². The Morgan fingerprint density at radius 3 is 2.07 bits per heavy atom. The molecule has 1 amide bonds. The topological polar surface area (TPSA) is 37.4 Å². The molecule has 0 bridgehead atoms. The number of rotatable bonds is 4. The molecule has 1 aliphatic carbocycles. The van der Waals surface area contributed by atoms with Crippen molar-refractivity contribution >= 4 is 16.7 Å². The highest BCUT2D eigenvalue weighted by Crippen LogP contribution is 2.46. The summed E-state index contributed by atoms with van der Waals surface area (Å²) >= 11 is 0. The Morgan fingerprint density at radius 1 is 0.889 bits per heavy atom. The molecule has 1 aliphatic rings. The summed E-state index contributed by atoms with van der Waals surface area (Å²) in [4.78, 5) is 13.8. The molecule has 1 unspecified atom stereocenters. The Bertz CT molecular complexity index is 996. The SMILES string of the molecule is CN(C)C(=O)c1cccc(CS(=O)C2c3ccccc3-c3ccccc32)c1. The van der Waals surface area contributed by atoms with Crippen LogP contribution in [-0.2, 0) is 16.6 Å². The van der Waals surface area contributed by atoms with E-state index >= 15 is 0 Å². The van der Waals surface area contributed by atoms with E-state index in [2.05, 4.69) is 24.3 Å².